The molecule has 1 amide bonds. The Balaban J connectivity index is 2.23. The molecular formula is C16H19N3O2. The summed E-state index contributed by atoms with van der Waals surface area (Å²) in [6.07, 6.45) is 0. The van der Waals surface area contributed by atoms with Crippen molar-refractivity contribution >= 4 is 5.91 Å². The Kier molecular flexibility index (Phi) is 4.52. The maximum atomic E-state index is 12.3. The lowest BCUT2D eigenvalue weighted by molar-refractivity contribution is 0.0918. The fraction of sp³-hybridized carbons (Fsp3) is 0.312. The van der Waals surface area contributed by atoms with Crippen molar-refractivity contribution in [2.24, 2.45) is 13.0 Å². The average Bonchev–Trinajstić information content (AvgIpc) is 2.48. The van der Waals surface area contributed by atoms with Gasteiger partial charge in [-0.15, -0.1) is 0 Å². The summed E-state index contributed by atoms with van der Waals surface area (Å²) < 4.78 is 1.15. The predicted octanol–water partition coefficient (Wildman–Crippen LogP) is 1.91. The first-order valence-corrected chi connectivity index (χ1v) is 6.89. The van der Waals surface area contributed by atoms with Gasteiger partial charge in [0.25, 0.3) is 11.5 Å². The monoisotopic (exact) mass is 285 g/mol. The molecule has 21 heavy (non-hydrogen) atoms. The number of benzene rings is 1. The van der Waals surface area contributed by atoms with E-state index in [-0.39, 0.29) is 29.1 Å². The van der Waals surface area contributed by atoms with Gasteiger partial charge >= 0.3 is 0 Å². The van der Waals surface area contributed by atoms with E-state index in [4.69, 9.17) is 0 Å². The number of aromatic nitrogens is 2. The van der Waals surface area contributed by atoms with Gasteiger partial charge in [0.1, 0.15) is 5.69 Å². The van der Waals surface area contributed by atoms with E-state index in [0.29, 0.717) is 0 Å². The average molecular weight is 285 g/mol. The maximum absolute atomic E-state index is 12.3. The van der Waals surface area contributed by atoms with Gasteiger partial charge in [-0.2, -0.15) is 5.10 Å². The number of hydrogen-bond acceptors (Lipinski definition) is 3. The topological polar surface area (TPSA) is 64.0 Å². The number of carbonyl (C=O) groups excluding carboxylic acids is 1. The van der Waals surface area contributed by atoms with E-state index >= 15 is 0 Å². The molecular weight excluding hydrogens is 266 g/mol. The van der Waals surface area contributed by atoms with Crippen LogP contribution < -0.4 is 10.9 Å². The van der Waals surface area contributed by atoms with Gasteiger partial charge in [0.15, 0.2) is 0 Å². The zero-order chi connectivity index (χ0) is 15.4. The van der Waals surface area contributed by atoms with E-state index in [0.717, 1.165) is 10.2 Å². The molecule has 5 nitrogen and oxygen atoms in total. The lowest BCUT2D eigenvalue weighted by Crippen LogP contribution is -2.33. The van der Waals surface area contributed by atoms with Crippen LogP contribution in [0.1, 0.15) is 35.9 Å². The molecule has 110 valence electrons. The number of nitrogens with one attached hydrogen (secondary N) is 1. The van der Waals surface area contributed by atoms with Crippen molar-refractivity contribution in [3.05, 3.63) is 64.1 Å². The Hall–Kier alpha value is -2.43. The van der Waals surface area contributed by atoms with Gasteiger partial charge in [0.05, 0.1) is 6.04 Å². The normalized spacial score (nSPS) is 12.2. The van der Waals surface area contributed by atoms with E-state index in [1.807, 2.05) is 44.2 Å². The van der Waals surface area contributed by atoms with Crippen LogP contribution in [0.5, 0.6) is 0 Å². The first-order chi connectivity index (χ1) is 9.99. The van der Waals surface area contributed by atoms with E-state index in [9.17, 15) is 9.59 Å². The largest absolute Gasteiger partial charge is 0.344 e. The second kappa shape index (κ2) is 6.35. The second-order valence-electron chi connectivity index (χ2n) is 5.29. The van der Waals surface area contributed by atoms with E-state index in [1.165, 1.54) is 19.2 Å². The lowest BCUT2D eigenvalue weighted by Gasteiger charge is -2.22. The van der Waals surface area contributed by atoms with Crippen molar-refractivity contribution in [2.45, 2.75) is 19.9 Å². The van der Waals surface area contributed by atoms with Crippen LogP contribution in [0.25, 0.3) is 0 Å². The van der Waals surface area contributed by atoms with Crippen molar-refractivity contribution < 1.29 is 4.79 Å². The summed E-state index contributed by atoms with van der Waals surface area (Å²) >= 11 is 0. The van der Waals surface area contributed by atoms with Gasteiger partial charge in [0.2, 0.25) is 0 Å². The van der Waals surface area contributed by atoms with E-state index in [2.05, 4.69) is 10.4 Å². The molecule has 2 rings (SSSR count). The fourth-order valence-corrected chi connectivity index (χ4v) is 2.13. The molecule has 1 aromatic heterocycles. The molecule has 0 bridgehead atoms. The highest BCUT2D eigenvalue weighted by molar-refractivity contribution is 5.92. The molecule has 0 fully saturated rings. The highest BCUT2D eigenvalue weighted by Crippen LogP contribution is 2.21. The molecule has 0 radical (unpaired) electrons. The van der Waals surface area contributed by atoms with Gasteiger partial charge < -0.3 is 5.32 Å². The Labute approximate surface area is 123 Å². The van der Waals surface area contributed by atoms with Gasteiger partial charge in [-0.3, -0.25) is 9.59 Å². The molecule has 0 aliphatic rings. The minimum atomic E-state index is -0.284. The fourth-order valence-electron chi connectivity index (χ4n) is 2.13. The van der Waals surface area contributed by atoms with Crippen molar-refractivity contribution in [2.75, 3.05) is 0 Å². The van der Waals surface area contributed by atoms with Gasteiger partial charge in [-0.1, -0.05) is 44.2 Å². The molecule has 2 aromatic rings. The van der Waals surface area contributed by atoms with E-state index < -0.39 is 0 Å². The number of hydrogen-bond donors (Lipinski definition) is 1. The van der Waals surface area contributed by atoms with Crippen LogP contribution in [0.4, 0.5) is 0 Å². The highest BCUT2D eigenvalue weighted by Gasteiger charge is 2.19. The summed E-state index contributed by atoms with van der Waals surface area (Å²) in [5.74, 6) is -0.0444. The standard InChI is InChI=1S/C16H19N3O2/c1-11(2)15(12-7-5-4-6-8-12)17-16(21)13-9-10-14(20)19(3)18-13/h4-11,15H,1-3H3,(H,17,21)/t15-/m1/s1. The summed E-state index contributed by atoms with van der Waals surface area (Å²) in [6.45, 7) is 4.10. The first-order valence-electron chi connectivity index (χ1n) is 6.89. The molecule has 0 aliphatic carbocycles. The van der Waals surface area contributed by atoms with Gasteiger partial charge in [-0.25, -0.2) is 4.68 Å². The molecule has 5 heteroatoms. The van der Waals surface area contributed by atoms with Crippen molar-refractivity contribution in [3.8, 4) is 0 Å². The van der Waals surface area contributed by atoms with Crippen LogP contribution in [0.3, 0.4) is 0 Å². The van der Waals surface area contributed by atoms with Crippen LogP contribution in [0, 0.1) is 5.92 Å². The van der Waals surface area contributed by atoms with Gasteiger partial charge in [0, 0.05) is 13.1 Å². The number of nitrogens with zero attached hydrogens (tertiary/aromatic N) is 2. The van der Waals surface area contributed by atoms with Gasteiger partial charge in [-0.05, 0) is 17.5 Å². The lowest BCUT2D eigenvalue weighted by atomic mass is 9.96. The van der Waals surface area contributed by atoms with E-state index in [1.54, 1.807) is 0 Å². The smallest absolute Gasteiger partial charge is 0.272 e. The van der Waals surface area contributed by atoms with Crippen LogP contribution in [0.2, 0.25) is 0 Å². The molecule has 0 unspecified atom stereocenters. The number of aryl methyl sites for hydroxylation is 1. The van der Waals surface area contributed by atoms with Crippen molar-refractivity contribution in [1.29, 1.82) is 0 Å². The third kappa shape index (κ3) is 3.56. The summed E-state index contributed by atoms with van der Waals surface area (Å²) in [5.41, 5.74) is 1.04. The Bertz CT molecular complexity index is 677. The number of rotatable bonds is 4. The summed E-state index contributed by atoms with van der Waals surface area (Å²) in [6, 6.07) is 12.5. The quantitative estimate of drug-likeness (QED) is 0.933. The first kappa shape index (κ1) is 15.0. The highest BCUT2D eigenvalue weighted by atomic mass is 16.2. The van der Waals surface area contributed by atoms with Crippen LogP contribution in [-0.4, -0.2) is 15.7 Å². The third-order valence-corrected chi connectivity index (χ3v) is 3.31. The zero-order valence-electron chi connectivity index (χ0n) is 12.4. The molecule has 1 aromatic carbocycles. The molecule has 0 saturated heterocycles. The Morgan fingerprint density at radius 2 is 1.81 bits per heavy atom. The second-order valence-corrected chi connectivity index (χ2v) is 5.29. The molecule has 1 N–H and O–H groups in total. The predicted molar refractivity (Wildman–Crippen MR) is 81.0 cm³/mol. The molecule has 1 heterocycles. The molecule has 0 spiro atoms. The van der Waals surface area contributed by atoms with Crippen molar-refractivity contribution in [1.82, 2.24) is 15.1 Å². The minimum Gasteiger partial charge on any atom is -0.344 e. The van der Waals surface area contributed by atoms with Crippen LogP contribution in [-0.2, 0) is 7.05 Å². The Morgan fingerprint density at radius 1 is 1.14 bits per heavy atom. The Morgan fingerprint density at radius 3 is 2.38 bits per heavy atom. The molecule has 0 aliphatic heterocycles. The SMILES string of the molecule is CC(C)[C@@H](NC(=O)c1ccc(=O)n(C)n1)c1ccccc1. The van der Waals surface area contributed by atoms with Crippen LogP contribution >= 0.6 is 0 Å². The van der Waals surface area contributed by atoms with Crippen molar-refractivity contribution in [3.63, 3.8) is 0 Å². The third-order valence-electron chi connectivity index (χ3n) is 3.31. The number of amides is 1. The zero-order valence-corrected chi connectivity index (χ0v) is 12.4. The number of carbonyl (C=O) groups is 1. The molecule has 1 atom stereocenters. The maximum Gasteiger partial charge on any atom is 0.272 e. The summed E-state index contributed by atoms with van der Waals surface area (Å²) in [4.78, 5) is 23.6. The molecule has 0 saturated carbocycles. The summed E-state index contributed by atoms with van der Waals surface area (Å²) in [7, 11) is 1.52. The minimum absolute atomic E-state index is 0.0993. The van der Waals surface area contributed by atoms with Crippen LogP contribution in [0.15, 0.2) is 47.3 Å². The summed E-state index contributed by atoms with van der Waals surface area (Å²) in [5, 5.41) is 6.95.